The molecule has 3 amide bonds. The Kier molecular flexibility index (Phi) is 6.06. The molecule has 0 aliphatic carbocycles. The number of benzene rings is 2. The second-order valence-electron chi connectivity index (χ2n) is 8.87. The monoisotopic (exact) mass is 496 g/mol. The number of thioether (sulfide) groups is 1. The Morgan fingerprint density at radius 2 is 2.03 bits per heavy atom. The second-order valence-corrected chi connectivity index (χ2v) is 9.86. The highest BCUT2D eigenvalue weighted by Gasteiger charge is 2.35. The van der Waals surface area contributed by atoms with Gasteiger partial charge in [0.2, 0.25) is 6.79 Å². The Morgan fingerprint density at radius 1 is 1.20 bits per heavy atom. The van der Waals surface area contributed by atoms with Crippen molar-refractivity contribution in [2.45, 2.75) is 25.9 Å². The first-order valence-corrected chi connectivity index (χ1v) is 12.0. The van der Waals surface area contributed by atoms with Crippen LogP contribution in [0.15, 0.2) is 41.3 Å². The molecule has 0 atom stereocenters. The van der Waals surface area contributed by atoms with Crippen molar-refractivity contribution in [2.75, 3.05) is 26.5 Å². The molecule has 3 heterocycles. The number of para-hydroxylation sites is 1. The van der Waals surface area contributed by atoms with Crippen LogP contribution in [0.2, 0.25) is 0 Å². The van der Waals surface area contributed by atoms with Gasteiger partial charge in [0.25, 0.3) is 17.1 Å². The van der Waals surface area contributed by atoms with Gasteiger partial charge in [0.05, 0.1) is 4.91 Å². The summed E-state index contributed by atoms with van der Waals surface area (Å²) in [4.78, 5) is 38.8. The number of imide groups is 1. The molecule has 2 aromatic rings. The fraction of sp³-hybridized carbons (Fsp3) is 0.320. The summed E-state index contributed by atoms with van der Waals surface area (Å²) in [5.41, 5.74) is 1.46. The molecule has 0 aromatic heterocycles. The average Bonchev–Trinajstić information content (AvgIpc) is 3.48. The molecule has 0 radical (unpaired) electrons. The average molecular weight is 497 g/mol. The maximum Gasteiger partial charge on any atom is 0.293 e. The first kappa shape index (κ1) is 23.1. The van der Waals surface area contributed by atoms with E-state index in [1.165, 1.54) is 0 Å². The van der Waals surface area contributed by atoms with Crippen molar-refractivity contribution < 1.29 is 33.3 Å². The SMILES string of the molecule is CC1(C)Cc2cccc(OCC(=O)NCCN3C(=O)S/C(=C\c4ccc5c(c4)OCO5)C3=O)c2O1. The number of ether oxygens (including phenoxy) is 4. The molecule has 1 saturated heterocycles. The van der Waals surface area contributed by atoms with E-state index in [1.54, 1.807) is 30.3 Å². The fourth-order valence-electron chi connectivity index (χ4n) is 4.05. The summed E-state index contributed by atoms with van der Waals surface area (Å²) in [6, 6.07) is 10.9. The molecular formula is C25H24N2O7S. The van der Waals surface area contributed by atoms with Crippen molar-refractivity contribution in [3.05, 3.63) is 52.4 Å². The third-order valence-electron chi connectivity index (χ3n) is 5.64. The van der Waals surface area contributed by atoms with Gasteiger partial charge in [-0.05, 0) is 55.4 Å². The summed E-state index contributed by atoms with van der Waals surface area (Å²) < 4.78 is 22.2. The van der Waals surface area contributed by atoms with Gasteiger partial charge in [-0.3, -0.25) is 19.3 Å². The zero-order chi connectivity index (χ0) is 24.6. The highest BCUT2D eigenvalue weighted by atomic mass is 32.2. The van der Waals surface area contributed by atoms with Gasteiger partial charge in [-0.1, -0.05) is 18.2 Å². The maximum absolute atomic E-state index is 12.7. The summed E-state index contributed by atoms with van der Waals surface area (Å²) in [6.07, 6.45) is 2.41. The lowest BCUT2D eigenvalue weighted by molar-refractivity contribution is -0.125. The van der Waals surface area contributed by atoms with Gasteiger partial charge in [0, 0.05) is 25.1 Å². The summed E-state index contributed by atoms with van der Waals surface area (Å²) >= 11 is 0.863. The molecule has 35 heavy (non-hydrogen) atoms. The van der Waals surface area contributed by atoms with Crippen molar-refractivity contribution in [3.8, 4) is 23.0 Å². The van der Waals surface area contributed by atoms with Gasteiger partial charge in [-0.2, -0.15) is 0 Å². The van der Waals surface area contributed by atoms with E-state index in [0.717, 1.165) is 34.2 Å². The highest BCUT2D eigenvalue weighted by molar-refractivity contribution is 8.18. The number of rotatable bonds is 7. The molecule has 2 aromatic carbocycles. The number of amides is 3. The molecule has 182 valence electrons. The minimum Gasteiger partial charge on any atom is -0.483 e. The van der Waals surface area contributed by atoms with Crippen LogP contribution in [0.25, 0.3) is 6.08 Å². The summed E-state index contributed by atoms with van der Waals surface area (Å²) in [7, 11) is 0. The third-order valence-corrected chi connectivity index (χ3v) is 6.55. The van der Waals surface area contributed by atoms with Crippen LogP contribution < -0.4 is 24.3 Å². The first-order valence-electron chi connectivity index (χ1n) is 11.1. The van der Waals surface area contributed by atoms with Gasteiger partial charge in [-0.25, -0.2) is 0 Å². The Labute approximate surface area is 206 Å². The first-order chi connectivity index (χ1) is 16.8. The molecule has 3 aliphatic rings. The molecule has 1 N–H and O–H groups in total. The zero-order valence-corrected chi connectivity index (χ0v) is 20.1. The summed E-state index contributed by atoms with van der Waals surface area (Å²) in [5, 5.41) is 2.31. The largest absolute Gasteiger partial charge is 0.483 e. The standard InChI is InChI=1S/C25H24N2O7S/c1-25(2)12-16-4-3-5-18(22(16)34-25)31-13-21(28)26-8-9-27-23(29)20(35-24(27)30)11-15-6-7-17-19(10-15)33-14-32-17/h3-7,10-11H,8-9,12-14H2,1-2H3,(H,26,28)/b20-11-. The quantitative estimate of drug-likeness (QED) is 0.582. The Hall–Kier alpha value is -3.66. The van der Waals surface area contributed by atoms with Crippen LogP contribution in [-0.2, 0) is 16.0 Å². The fourth-order valence-corrected chi connectivity index (χ4v) is 4.91. The molecule has 0 spiro atoms. The van der Waals surface area contributed by atoms with E-state index in [0.29, 0.717) is 27.9 Å². The molecule has 10 heteroatoms. The Morgan fingerprint density at radius 3 is 2.89 bits per heavy atom. The van der Waals surface area contributed by atoms with Crippen LogP contribution >= 0.6 is 11.8 Å². The van der Waals surface area contributed by atoms with E-state index in [2.05, 4.69) is 5.32 Å². The molecule has 1 fully saturated rings. The molecule has 0 saturated carbocycles. The van der Waals surface area contributed by atoms with E-state index < -0.39 is 5.91 Å². The lowest BCUT2D eigenvalue weighted by Crippen LogP contribution is -2.38. The van der Waals surface area contributed by atoms with E-state index in [9.17, 15) is 14.4 Å². The van der Waals surface area contributed by atoms with Crippen LogP contribution in [0.5, 0.6) is 23.0 Å². The van der Waals surface area contributed by atoms with Gasteiger partial charge < -0.3 is 24.3 Å². The summed E-state index contributed by atoms with van der Waals surface area (Å²) in [6.45, 7) is 4.13. The number of nitrogens with one attached hydrogen (secondary N) is 1. The molecule has 5 rings (SSSR count). The van der Waals surface area contributed by atoms with Crippen LogP contribution in [0.4, 0.5) is 4.79 Å². The topological polar surface area (TPSA) is 103 Å². The zero-order valence-electron chi connectivity index (χ0n) is 19.3. The van der Waals surface area contributed by atoms with Gasteiger partial charge in [0.1, 0.15) is 5.60 Å². The van der Waals surface area contributed by atoms with Crippen LogP contribution in [0.1, 0.15) is 25.0 Å². The minimum atomic E-state index is -0.400. The highest BCUT2D eigenvalue weighted by Crippen LogP contribution is 2.41. The lowest BCUT2D eigenvalue weighted by Gasteiger charge is -2.18. The van der Waals surface area contributed by atoms with Crippen LogP contribution in [0, 0.1) is 0 Å². The Balaban J connectivity index is 1.12. The van der Waals surface area contributed by atoms with Crippen molar-refractivity contribution in [2.24, 2.45) is 0 Å². The number of hydrogen-bond donors (Lipinski definition) is 1. The number of hydrogen-bond acceptors (Lipinski definition) is 8. The maximum atomic E-state index is 12.7. The van der Waals surface area contributed by atoms with Gasteiger partial charge >= 0.3 is 0 Å². The molecule has 9 nitrogen and oxygen atoms in total. The molecule has 0 unspecified atom stereocenters. The number of carbonyl (C=O) groups is 3. The van der Waals surface area contributed by atoms with Crippen molar-refractivity contribution in [1.29, 1.82) is 0 Å². The van der Waals surface area contributed by atoms with Crippen molar-refractivity contribution in [3.63, 3.8) is 0 Å². The van der Waals surface area contributed by atoms with Crippen molar-refractivity contribution in [1.82, 2.24) is 10.2 Å². The van der Waals surface area contributed by atoms with Crippen molar-refractivity contribution >= 4 is 34.9 Å². The van der Waals surface area contributed by atoms with E-state index in [-0.39, 0.29) is 43.2 Å². The van der Waals surface area contributed by atoms with Gasteiger partial charge in [0.15, 0.2) is 29.6 Å². The van der Waals surface area contributed by atoms with Gasteiger partial charge in [-0.15, -0.1) is 0 Å². The van der Waals surface area contributed by atoms with E-state index in [4.69, 9.17) is 18.9 Å². The minimum absolute atomic E-state index is 0.0624. The predicted octanol–water partition coefficient (Wildman–Crippen LogP) is 3.36. The lowest BCUT2D eigenvalue weighted by atomic mass is 10.0. The number of carbonyl (C=O) groups excluding carboxylic acids is 3. The smallest absolute Gasteiger partial charge is 0.293 e. The third kappa shape index (κ3) is 4.93. The van der Waals surface area contributed by atoms with Crippen LogP contribution in [0.3, 0.4) is 0 Å². The molecule has 0 bridgehead atoms. The van der Waals surface area contributed by atoms with E-state index >= 15 is 0 Å². The second kappa shape index (κ2) is 9.18. The molecular weight excluding hydrogens is 472 g/mol. The number of nitrogens with zero attached hydrogens (tertiary/aromatic N) is 1. The van der Waals surface area contributed by atoms with E-state index in [1.807, 2.05) is 26.0 Å². The number of fused-ring (bicyclic) bond motifs is 2. The Bertz CT molecular complexity index is 1240. The predicted molar refractivity (Wildman–Crippen MR) is 129 cm³/mol. The van der Waals surface area contributed by atoms with Crippen LogP contribution in [-0.4, -0.2) is 54.0 Å². The normalized spacial score (nSPS) is 18.6. The summed E-state index contributed by atoms with van der Waals surface area (Å²) in [5.74, 6) is 1.66. The molecule has 3 aliphatic heterocycles.